The molecular formula is C14H26N2O2. The summed E-state index contributed by atoms with van der Waals surface area (Å²) in [5, 5.41) is 14.4. The van der Waals surface area contributed by atoms with Crippen LogP contribution in [-0.4, -0.2) is 27.1 Å². The third-order valence-corrected chi connectivity index (χ3v) is 3.00. The fourth-order valence-electron chi connectivity index (χ4n) is 2.05. The first-order valence-electron chi connectivity index (χ1n) is 6.62. The van der Waals surface area contributed by atoms with Gasteiger partial charge in [0.15, 0.2) is 0 Å². The van der Waals surface area contributed by atoms with E-state index in [1.54, 1.807) is 0 Å². The van der Waals surface area contributed by atoms with Gasteiger partial charge in [-0.1, -0.05) is 6.92 Å². The lowest BCUT2D eigenvalue weighted by Gasteiger charge is -2.19. The second kappa shape index (κ2) is 5.85. The van der Waals surface area contributed by atoms with Gasteiger partial charge in [-0.3, -0.25) is 4.68 Å². The van der Waals surface area contributed by atoms with Crippen molar-refractivity contribution < 1.29 is 9.84 Å². The van der Waals surface area contributed by atoms with Crippen molar-refractivity contribution in [1.29, 1.82) is 0 Å². The van der Waals surface area contributed by atoms with Gasteiger partial charge in [-0.2, -0.15) is 5.10 Å². The SMILES string of the molecule is CCC(O)c1c(C)nn(CCOC(C)(C)C)c1C. The van der Waals surface area contributed by atoms with E-state index in [1.165, 1.54) is 0 Å². The van der Waals surface area contributed by atoms with Crippen LogP contribution in [0.2, 0.25) is 0 Å². The lowest BCUT2D eigenvalue weighted by atomic mass is 10.1. The van der Waals surface area contributed by atoms with Crippen molar-refractivity contribution in [2.45, 2.75) is 66.2 Å². The maximum absolute atomic E-state index is 9.97. The normalized spacial score (nSPS) is 13.9. The van der Waals surface area contributed by atoms with E-state index < -0.39 is 6.10 Å². The quantitative estimate of drug-likeness (QED) is 0.879. The summed E-state index contributed by atoms with van der Waals surface area (Å²) >= 11 is 0. The molecule has 1 unspecified atom stereocenters. The van der Waals surface area contributed by atoms with Crippen LogP contribution in [0.3, 0.4) is 0 Å². The average molecular weight is 254 g/mol. The van der Waals surface area contributed by atoms with Gasteiger partial charge in [-0.05, 0) is 41.0 Å². The van der Waals surface area contributed by atoms with Crippen LogP contribution in [0, 0.1) is 13.8 Å². The van der Waals surface area contributed by atoms with Crippen LogP contribution in [0.25, 0.3) is 0 Å². The third kappa shape index (κ3) is 3.82. The zero-order valence-corrected chi connectivity index (χ0v) is 12.4. The number of aliphatic hydroxyl groups is 1. The van der Waals surface area contributed by atoms with Crippen LogP contribution in [0.4, 0.5) is 0 Å². The topological polar surface area (TPSA) is 47.3 Å². The molecule has 0 spiro atoms. The molecule has 0 aliphatic carbocycles. The Morgan fingerprint density at radius 1 is 1.33 bits per heavy atom. The highest BCUT2D eigenvalue weighted by atomic mass is 16.5. The molecular weight excluding hydrogens is 228 g/mol. The Kier molecular flexibility index (Phi) is 4.93. The number of nitrogens with zero attached hydrogens (tertiary/aromatic N) is 2. The maximum Gasteiger partial charge on any atom is 0.0823 e. The van der Waals surface area contributed by atoms with Crippen molar-refractivity contribution in [2.75, 3.05) is 6.61 Å². The van der Waals surface area contributed by atoms with E-state index in [4.69, 9.17) is 4.74 Å². The summed E-state index contributed by atoms with van der Waals surface area (Å²) in [7, 11) is 0. The van der Waals surface area contributed by atoms with Crippen molar-refractivity contribution in [2.24, 2.45) is 0 Å². The summed E-state index contributed by atoms with van der Waals surface area (Å²) in [6, 6.07) is 0. The number of hydrogen-bond donors (Lipinski definition) is 1. The Morgan fingerprint density at radius 3 is 2.44 bits per heavy atom. The predicted octanol–water partition coefficient (Wildman–Crippen LogP) is 2.76. The number of ether oxygens (including phenoxy) is 1. The van der Waals surface area contributed by atoms with Crippen LogP contribution < -0.4 is 0 Å². The molecule has 1 N–H and O–H groups in total. The minimum absolute atomic E-state index is 0.123. The largest absolute Gasteiger partial charge is 0.388 e. The highest BCUT2D eigenvalue weighted by Crippen LogP contribution is 2.23. The van der Waals surface area contributed by atoms with E-state index in [9.17, 15) is 5.11 Å². The molecule has 0 saturated carbocycles. The number of aromatic nitrogens is 2. The second-order valence-corrected chi connectivity index (χ2v) is 5.69. The van der Waals surface area contributed by atoms with Crippen LogP contribution in [-0.2, 0) is 11.3 Å². The Bertz CT molecular complexity index is 391. The molecule has 1 aromatic heterocycles. The molecule has 4 heteroatoms. The van der Waals surface area contributed by atoms with Gasteiger partial charge in [-0.25, -0.2) is 0 Å². The number of rotatable bonds is 5. The van der Waals surface area contributed by atoms with E-state index in [-0.39, 0.29) is 5.60 Å². The standard InChI is InChI=1S/C14H26N2O2/c1-7-12(17)13-10(2)15-16(11(13)3)8-9-18-14(4,5)6/h12,17H,7-9H2,1-6H3. The maximum atomic E-state index is 9.97. The van der Waals surface area contributed by atoms with Gasteiger partial charge < -0.3 is 9.84 Å². The molecule has 1 rings (SSSR count). The van der Waals surface area contributed by atoms with E-state index in [2.05, 4.69) is 5.10 Å². The summed E-state index contributed by atoms with van der Waals surface area (Å²) in [4.78, 5) is 0. The van der Waals surface area contributed by atoms with Gasteiger partial charge in [0.2, 0.25) is 0 Å². The molecule has 18 heavy (non-hydrogen) atoms. The van der Waals surface area contributed by atoms with Gasteiger partial charge in [-0.15, -0.1) is 0 Å². The van der Waals surface area contributed by atoms with Crippen LogP contribution >= 0.6 is 0 Å². The molecule has 104 valence electrons. The molecule has 0 radical (unpaired) electrons. The zero-order chi connectivity index (χ0) is 13.9. The molecule has 0 bridgehead atoms. The van der Waals surface area contributed by atoms with E-state index in [0.717, 1.165) is 23.5 Å². The molecule has 4 nitrogen and oxygen atoms in total. The Hall–Kier alpha value is -0.870. The van der Waals surface area contributed by atoms with Crippen molar-refractivity contribution in [3.63, 3.8) is 0 Å². The fourth-order valence-corrected chi connectivity index (χ4v) is 2.05. The van der Waals surface area contributed by atoms with Crippen molar-refractivity contribution in [1.82, 2.24) is 9.78 Å². The second-order valence-electron chi connectivity index (χ2n) is 5.69. The molecule has 1 heterocycles. The molecule has 0 aliphatic heterocycles. The summed E-state index contributed by atoms with van der Waals surface area (Å²) in [6.07, 6.45) is 0.300. The first kappa shape index (κ1) is 15.2. The third-order valence-electron chi connectivity index (χ3n) is 3.00. The van der Waals surface area contributed by atoms with Gasteiger partial charge in [0.05, 0.1) is 30.6 Å². The molecule has 1 atom stereocenters. The number of hydrogen-bond acceptors (Lipinski definition) is 3. The zero-order valence-electron chi connectivity index (χ0n) is 12.4. The molecule has 0 saturated heterocycles. The smallest absolute Gasteiger partial charge is 0.0823 e. The average Bonchev–Trinajstić information content (AvgIpc) is 2.52. The lowest BCUT2D eigenvalue weighted by Crippen LogP contribution is -2.22. The monoisotopic (exact) mass is 254 g/mol. The first-order valence-corrected chi connectivity index (χ1v) is 6.62. The molecule has 0 aliphatic rings. The highest BCUT2D eigenvalue weighted by molar-refractivity contribution is 5.26. The van der Waals surface area contributed by atoms with E-state index >= 15 is 0 Å². The summed E-state index contributed by atoms with van der Waals surface area (Å²) in [5.41, 5.74) is 2.80. The highest BCUT2D eigenvalue weighted by Gasteiger charge is 2.18. The van der Waals surface area contributed by atoms with E-state index in [1.807, 2.05) is 46.2 Å². The van der Waals surface area contributed by atoms with E-state index in [0.29, 0.717) is 13.0 Å². The summed E-state index contributed by atoms with van der Waals surface area (Å²) in [5.74, 6) is 0. The Labute approximate surface area is 110 Å². The van der Waals surface area contributed by atoms with Gasteiger partial charge >= 0.3 is 0 Å². The minimum Gasteiger partial charge on any atom is -0.388 e. The molecule has 1 aromatic rings. The van der Waals surface area contributed by atoms with Crippen LogP contribution in [0.15, 0.2) is 0 Å². The van der Waals surface area contributed by atoms with Gasteiger partial charge in [0, 0.05) is 11.3 Å². The van der Waals surface area contributed by atoms with Gasteiger partial charge in [0.25, 0.3) is 0 Å². The summed E-state index contributed by atoms with van der Waals surface area (Å²) < 4.78 is 7.63. The predicted molar refractivity (Wildman–Crippen MR) is 72.7 cm³/mol. The Balaban J connectivity index is 2.74. The minimum atomic E-state index is -0.415. The van der Waals surface area contributed by atoms with Crippen LogP contribution in [0.5, 0.6) is 0 Å². The van der Waals surface area contributed by atoms with Gasteiger partial charge in [0.1, 0.15) is 0 Å². The molecule has 0 amide bonds. The number of aryl methyl sites for hydroxylation is 1. The van der Waals surface area contributed by atoms with Crippen molar-refractivity contribution in [3.8, 4) is 0 Å². The van der Waals surface area contributed by atoms with Crippen LogP contribution in [0.1, 0.15) is 57.2 Å². The lowest BCUT2D eigenvalue weighted by molar-refractivity contribution is -0.00813. The van der Waals surface area contributed by atoms with Crippen molar-refractivity contribution >= 4 is 0 Å². The Morgan fingerprint density at radius 2 is 1.94 bits per heavy atom. The number of aliphatic hydroxyl groups excluding tert-OH is 1. The first-order chi connectivity index (χ1) is 8.26. The molecule has 0 aromatic carbocycles. The molecule has 0 fully saturated rings. The fraction of sp³-hybridized carbons (Fsp3) is 0.786. The van der Waals surface area contributed by atoms with Crippen molar-refractivity contribution in [3.05, 3.63) is 17.0 Å². The summed E-state index contributed by atoms with van der Waals surface area (Å²) in [6.45, 7) is 13.4.